The molecule has 5 nitrogen and oxygen atoms in total. The molecule has 0 aliphatic heterocycles. The first kappa shape index (κ1) is 18.1. The van der Waals surface area contributed by atoms with Gasteiger partial charge in [-0.15, -0.1) is 0 Å². The summed E-state index contributed by atoms with van der Waals surface area (Å²) in [4.78, 5) is 28.8. The highest BCUT2D eigenvalue weighted by atomic mass is 16.2. The normalized spacial score (nSPS) is 22.5. The van der Waals surface area contributed by atoms with Gasteiger partial charge in [0.1, 0.15) is 0 Å². The second-order valence-corrected chi connectivity index (χ2v) is 7.12. The van der Waals surface area contributed by atoms with Crippen LogP contribution in [0.5, 0.6) is 0 Å². The lowest BCUT2D eigenvalue weighted by Gasteiger charge is -2.34. The molecule has 3 rings (SSSR count). The first-order valence-electron chi connectivity index (χ1n) is 9.17. The number of carbonyl (C=O) groups is 2. The molecular weight excluding hydrogens is 326 g/mol. The number of hydrogen-bond donors (Lipinski definition) is 2. The van der Waals surface area contributed by atoms with Gasteiger partial charge in [-0.1, -0.05) is 32.8 Å². The van der Waals surface area contributed by atoms with Crippen molar-refractivity contribution in [3.63, 3.8) is 0 Å². The molecule has 26 heavy (non-hydrogen) atoms. The number of anilines is 1. The third-order valence-electron chi connectivity index (χ3n) is 5.33. The minimum Gasteiger partial charge on any atom is -0.349 e. The molecule has 5 heteroatoms. The Morgan fingerprint density at radius 1 is 1.04 bits per heavy atom. The fraction of sp³-hybridized carbons (Fsp3) is 0.381. The maximum Gasteiger partial charge on any atom is 0.257 e. The molecule has 0 radical (unpaired) electrons. The van der Waals surface area contributed by atoms with Crippen LogP contribution in [-0.4, -0.2) is 22.8 Å². The van der Waals surface area contributed by atoms with E-state index in [1.54, 1.807) is 42.6 Å². The van der Waals surface area contributed by atoms with Gasteiger partial charge in [-0.05, 0) is 48.6 Å². The van der Waals surface area contributed by atoms with Crippen LogP contribution >= 0.6 is 0 Å². The number of amides is 2. The van der Waals surface area contributed by atoms with E-state index >= 15 is 0 Å². The van der Waals surface area contributed by atoms with Gasteiger partial charge in [-0.2, -0.15) is 0 Å². The zero-order valence-corrected chi connectivity index (χ0v) is 15.2. The summed E-state index contributed by atoms with van der Waals surface area (Å²) in [6.45, 7) is 4.46. The maximum atomic E-state index is 12.6. The molecule has 2 aromatic rings. The minimum absolute atomic E-state index is 0.0894. The van der Waals surface area contributed by atoms with E-state index in [2.05, 4.69) is 29.5 Å². The fourth-order valence-electron chi connectivity index (χ4n) is 3.48. The Kier molecular flexibility index (Phi) is 5.66. The predicted molar refractivity (Wildman–Crippen MR) is 102 cm³/mol. The number of hydrogen-bond acceptors (Lipinski definition) is 3. The highest BCUT2D eigenvalue weighted by molar-refractivity contribution is 6.04. The first-order valence-corrected chi connectivity index (χ1v) is 9.17. The summed E-state index contributed by atoms with van der Waals surface area (Å²) in [7, 11) is 0. The van der Waals surface area contributed by atoms with E-state index in [9.17, 15) is 9.59 Å². The summed E-state index contributed by atoms with van der Waals surface area (Å²) < 4.78 is 0. The standard InChI is InChI=1S/C21H25N3O2/c1-14-6-3-10-19(15(14)2)24-20(25)16-7-4-9-18(12-16)23-21(26)17-8-5-11-22-13-17/h4-5,7-9,11-15,19H,3,6,10H2,1-2H3,(H,23,26)(H,24,25). The van der Waals surface area contributed by atoms with E-state index in [1.807, 2.05) is 0 Å². The Balaban J connectivity index is 1.67. The van der Waals surface area contributed by atoms with Gasteiger partial charge >= 0.3 is 0 Å². The average molecular weight is 351 g/mol. The average Bonchev–Trinajstić information content (AvgIpc) is 2.66. The second-order valence-electron chi connectivity index (χ2n) is 7.12. The summed E-state index contributed by atoms with van der Waals surface area (Å²) in [5, 5.41) is 5.98. The third kappa shape index (κ3) is 4.28. The van der Waals surface area contributed by atoms with Crippen molar-refractivity contribution < 1.29 is 9.59 Å². The first-order chi connectivity index (χ1) is 12.5. The highest BCUT2D eigenvalue weighted by Gasteiger charge is 2.28. The van der Waals surface area contributed by atoms with E-state index < -0.39 is 0 Å². The SMILES string of the molecule is CC1CCCC(NC(=O)c2cccc(NC(=O)c3cccnc3)c2)C1C. The Labute approximate surface area is 154 Å². The van der Waals surface area contributed by atoms with Crippen LogP contribution < -0.4 is 10.6 Å². The second kappa shape index (κ2) is 8.13. The Hall–Kier alpha value is -2.69. The lowest BCUT2D eigenvalue weighted by atomic mass is 9.78. The smallest absolute Gasteiger partial charge is 0.257 e. The molecule has 0 spiro atoms. The minimum atomic E-state index is -0.245. The zero-order valence-electron chi connectivity index (χ0n) is 15.2. The van der Waals surface area contributed by atoms with Crippen LogP contribution in [0.1, 0.15) is 53.8 Å². The van der Waals surface area contributed by atoms with Crippen LogP contribution in [0.25, 0.3) is 0 Å². The molecule has 1 aliphatic rings. The predicted octanol–water partition coefficient (Wildman–Crippen LogP) is 3.89. The van der Waals surface area contributed by atoms with Crippen LogP contribution in [0.15, 0.2) is 48.8 Å². The van der Waals surface area contributed by atoms with E-state index in [-0.39, 0.29) is 17.9 Å². The molecule has 1 aromatic carbocycles. The molecule has 1 aromatic heterocycles. The van der Waals surface area contributed by atoms with Gasteiger partial charge in [-0.25, -0.2) is 0 Å². The molecule has 2 amide bonds. The van der Waals surface area contributed by atoms with Crippen molar-refractivity contribution >= 4 is 17.5 Å². The Morgan fingerprint density at radius 3 is 2.62 bits per heavy atom. The van der Waals surface area contributed by atoms with Gasteiger partial charge < -0.3 is 10.6 Å². The summed E-state index contributed by atoms with van der Waals surface area (Å²) in [6.07, 6.45) is 6.53. The van der Waals surface area contributed by atoms with Gasteiger partial charge in [0.15, 0.2) is 0 Å². The van der Waals surface area contributed by atoms with Crippen molar-refractivity contribution in [3.05, 3.63) is 59.9 Å². The number of rotatable bonds is 4. The van der Waals surface area contributed by atoms with Crippen LogP contribution in [0.2, 0.25) is 0 Å². The van der Waals surface area contributed by atoms with Crippen molar-refractivity contribution in [2.45, 2.75) is 39.2 Å². The Bertz CT molecular complexity index is 776. The van der Waals surface area contributed by atoms with Crippen molar-refractivity contribution in [2.24, 2.45) is 11.8 Å². The van der Waals surface area contributed by atoms with Crippen molar-refractivity contribution in [2.75, 3.05) is 5.32 Å². The van der Waals surface area contributed by atoms with E-state index in [0.29, 0.717) is 28.7 Å². The van der Waals surface area contributed by atoms with E-state index in [1.165, 1.54) is 12.6 Å². The lowest BCUT2D eigenvalue weighted by molar-refractivity contribution is 0.0890. The molecular formula is C21H25N3O2. The van der Waals surface area contributed by atoms with Crippen molar-refractivity contribution in [1.29, 1.82) is 0 Å². The van der Waals surface area contributed by atoms with Crippen LogP contribution in [0.4, 0.5) is 5.69 Å². The number of nitrogens with zero attached hydrogens (tertiary/aromatic N) is 1. The van der Waals surface area contributed by atoms with Crippen molar-refractivity contribution in [1.82, 2.24) is 10.3 Å². The molecule has 1 saturated carbocycles. The summed E-state index contributed by atoms with van der Waals surface area (Å²) in [6, 6.07) is 10.7. The van der Waals surface area contributed by atoms with Gasteiger partial charge in [0, 0.05) is 29.7 Å². The van der Waals surface area contributed by atoms with Crippen LogP contribution in [0, 0.1) is 11.8 Å². The molecule has 1 heterocycles. The molecule has 2 N–H and O–H groups in total. The third-order valence-corrected chi connectivity index (χ3v) is 5.33. The molecule has 0 saturated heterocycles. The number of pyridine rings is 1. The van der Waals surface area contributed by atoms with Crippen LogP contribution in [-0.2, 0) is 0 Å². The topological polar surface area (TPSA) is 71.1 Å². The molecule has 3 unspecified atom stereocenters. The van der Waals surface area contributed by atoms with Crippen molar-refractivity contribution in [3.8, 4) is 0 Å². The fourth-order valence-corrected chi connectivity index (χ4v) is 3.48. The van der Waals surface area contributed by atoms with Gasteiger partial charge in [0.25, 0.3) is 11.8 Å². The summed E-state index contributed by atoms with van der Waals surface area (Å²) in [5.41, 5.74) is 1.63. The maximum absolute atomic E-state index is 12.6. The summed E-state index contributed by atoms with van der Waals surface area (Å²) >= 11 is 0. The number of aromatic nitrogens is 1. The highest BCUT2D eigenvalue weighted by Crippen LogP contribution is 2.29. The zero-order chi connectivity index (χ0) is 18.5. The molecule has 1 aliphatic carbocycles. The summed E-state index contributed by atoms with van der Waals surface area (Å²) in [5.74, 6) is 0.763. The van der Waals surface area contributed by atoms with E-state index in [0.717, 1.165) is 12.8 Å². The van der Waals surface area contributed by atoms with Gasteiger partial charge in [0.2, 0.25) is 0 Å². The number of nitrogens with one attached hydrogen (secondary N) is 2. The van der Waals surface area contributed by atoms with Crippen LogP contribution in [0.3, 0.4) is 0 Å². The molecule has 3 atom stereocenters. The largest absolute Gasteiger partial charge is 0.349 e. The lowest BCUT2D eigenvalue weighted by Crippen LogP contribution is -2.43. The number of carbonyl (C=O) groups excluding carboxylic acids is 2. The van der Waals surface area contributed by atoms with Gasteiger partial charge in [-0.3, -0.25) is 14.6 Å². The molecule has 1 fully saturated rings. The van der Waals surface area contributed by atoms with E-state index in [4.69, 9.17) is 0 Å². The molecule has 0 bridgehead atoms. The Morgan fingerprint density at radius 2 is 1.85 bits per heavy atom. The molecule has 136 valence electrons. The quantitative estimate of drug-likeness (QED) is 0.878. The number of benzene rings is 1. The van der Waals surface area contributed by atoms with Gasteiger partial charge in [0.05, 0.1) is 5.56 Å². The monoisotopic (exact) mass is 351 g/mol.